The predicted octanol–water partition coefficient (Wildman–Crippen LogP) is 3.31. The molecular formula is C8H8Cl2O. The summed E-state index contributed by atoms with van der Waals surface area (Å²) in [6.07, 6.45) is 0. The van der Waals surface area contributed by atoms with Crippen LogP contribution in [0.5, 0.6) is 5.75 Å². The fraction of sp³-hybridized carbons (Fsp3) is 0.250. The largest absolute Gasteiger partial charge is 0.495 e. The molecule has 0 aliphatic rings. The normalized spacial score (nSPS) is 9.82. The number of methoxy groups -OCH3 is 1. The summed E-state index contributed by atoms with van der Waals surface area (Å²) in [6.45, 7) is 1.94. The van der Waals surface area contributed by atoms with Crippen LogP contribution in [0.3, 0.4) is 0 Å². The molecule has 0 unspecified atom stereocenters. The first kappa shape index (κ1) is 8.69. The smallest absolute Gasteiger partial charge is 0.139 e. The number of hydrogen-bond donors (Lipinski definition) is 0. The van der Waals surface area contributed by atoms with Crippen LogP contribution in [0, 0.1) is 6.92 Å². The van der Waals surface area contributed by atoms with E-state index >= 15 is 0 Å². The average Bonchev–Trinajstić information content (AvgIpc) is 1.96. The molecule has 0 aromatic heterocycles. The van der Waals surface area contributed by atoms with Crippen LogP contribution < -0.4 is 4.74 Å². The molecule has 3 heteroatoms. The lowest BCUT2D eigenvalue weighted by molar-refractivity contribution is 0.415. The molecule has 60 valence electrons. The van der Waals surface area contributed by atoms with Crippen LogP contribution in [0.4, 0.5) is 0 Å². The third kappa shape index (κ3) is 1.79. The third-order valence-corrected chi connectivity index (χ3v) is 2.14. The third-order valence-electron chi connectivity index (χ3n) is 1.36. The topological polar surface area (TPSA) is 9.23 Å². The molecule has 0 N–H and O–H groups in total. The van der Waals surface area contributed by atoms with Gasteiger partial charge in [0.05, 0.1) is 12.1 Å². The number of ether oxygens (including phenoxy) is 1. The molecule has 0 atom stereocenters. The van der Waals surface area contributed by atoms with Gasteiger partial charge in [-0.2, -0.15) is 0 Å². The summed E-state index contributed by atoms with van der Waals surface area (Å²) in [6, 6.07) is 3.64. The van der Waals surface area contributed by atoms with Crippen LogP contribution >= 0.6 is 23.2 Å². The molecule has 0 amide bonds. The molecule has 0 bridgehead atoms. The molecule has 1 rings (SSSR count). The zero-order chi connectivity index (χ0) is 8.43. The van der Waals surface area contributed by atoms with E-state index in [4.69, 9.17) is 27.9 Å². The second-order valence-corrected chi connectivity index (χ2v) is 3.05. The molecule has 1 aromatic rings. The van der Waals surface area contributed by atoms with Gasteiger partial charge in [0.25, 0.3) is 0 Å². The van der Waals surface area contributed by atoms with Gasteiger partial charge in [-0.1, -0.05) is 23.2 Å². The first-order chi connectivity index (χ1) is 5.15. The van der Waals surface area contributed by atoms with Crippen molar-refractivity contribution >= 4 is 23.2 Å². The standard InChI is InChI=1S/C8H8Cl2O/c1-5-3-6(9)8(10)7(4-5)11-2/h3-4H,1-2H3. The summed E-state index contributed by atoms with van der Waals surface area (Å²) in [5.41, 5.74) is 1.04. The average molecular weight is 191 g/mol. The van der Waals surface area contributed by atoms with Gasteiger partial charge in [0.1, 0.15) is 10.8 Å². The van der Waals surface area contributed by atoms with E-state index in [0.29, 0.717) is 15.8 Å². The van der Waals surface area contributed by atoms with Crippen LogP contribution in [0.25, 0.3) is 0 Å². The number of hydrogen-bond acceptors (Lipinski definition) is 1. The molecule has 0 aliphatic carbocycles. The first-order valence-electron chi connectivity index (χ1n) is 3.15. The van der Waals surface area contributed by atoms with E-state index in [1.807, 2.05) is 13.0 Å². The summed E-state index contributed by atoms with van der Waals surface area (Å²) in [7, 11) is 1.57. The van der Waals surface area contributed by atoms with Crippen molar-refractivity contribution in [2.75, 3.05) is 7.11 Å². The Bertz CT molecular complexity index is 271. The molecule has 0 saturated carbocycles. The van der Waals surface area contributed by atoms with Crippen LogP contribution in [-0.2, 0) is 0 Å². The molecule has 1 nitrogen and oxygen atoms in total. The van der Waals surface area contributed by atoms with Gasteiger partial charge in [0, 0.05) is 0 Å². The van der Waals surface area contributed by atoms with Gasteiger partial charge in [-0.05, 0) is 24.6 Å². The number of halogens is 2. The van der Waals surface area contributed by atoms with E-state index in [1.54, 1.807) is 13.2 Å². The minimum atomic E-state index is 0.472. The van der Waals surface area contributed by atoms with Crippen molar-refractivity contribution in [2.45, 2.75) is 6.92 Å². The second kappa shape index (κ2) is 3.33. The monoisotopic (exact) mass is 190 g/mol. The van der Waals surface area contributed by atoms with Gasteiger partial charge < -0.3 is 4.74 Å². The van der Waals surface area contributed by atoms with E-state index in [2.05, 4.69) is 0 Å². The van der Waals surface area contributed by atoms with Crippen molar-refractivity contribution in [2.24, 2.45) is 0 Å². The molecule has 0 radical (unpaired) electrons. The van der Waals surface area contributed by atoms with E-state index in [0.717, 1.165) is 5.56 Å². The zero-order valence-corrected chi connectivity index (χ0v) is 7.83. The molecule has 0 fully saturated rings. The van der Waals surface area contributed by atoms with Gasteiger partial charge in [-0.25, -0.2) is 0 Å². The molecular weight excluding hydrogens is 183 g/mol. The maximum absolute atomic E-state index is 5.81. The maximum atomic E-state index is 5.81. The zero-order valence-electron chi connectivity index (χ0n) is 6.32. The summed E-state index contributed by atoms with van der Waals surface area (Å²) < 4.78 is 4.99. The summed E-state index contributed by atoms with van der Waals surface area (Å²) in [5.74, 6) is 0.622. The van der Waals surface area contributed by atoms with Gasteiger partial charge in [0.2, 0.25) is 0 Å². The first-order valence-corrected chi connectivity index (χ1v) is 3.90. The van der Waals surface area contributed by atoms with Crippen LogP contribution in [0.15, 0.2) is 12.1 Å². The lowest BCUT2D eigenvalue weighted by Crippen LogP contribution is -1.85. The predicted molar refractivity (Wildman–Crippen MR) is 47.8 cm³/mol. The quantitative estimate of drug-likeness (QED) is 0.661. The highest BCUT2D eigenvalue weighted by atomic mass is 35.5. The minimum Gasteiger partial charge on any atom is -0.495 e. The second-order valence-electron chi connectivity index (χ2n) is 2.26. The van der Waals surface area contributed by atoms with E-state index in [1.165, 1.54) is 0 Å². The number of benzene rings is 1. The van der Waals surface area contributed by atoms with Gasteiger partial charge in [-0.3, -0.25) is 0 Å². The molecule has 0 spiro atoms. The van der Waals surface area contributed by atoms with Crippen molar-refractivity contribution in [1.82, 2.24) is 0 Å². The lowest BCUT2D eigenvalue weighted by Gasteiger charge is -2.04. The Labute approximate surface area is 75.9 Å². The lowest BCUT2D eigenvalue weighted by atomic mass is 10.2. The van der Waals surface area contributed by atoms with Crippen molar-refractivity contribution in [3.8, 4) is 5.75 Å². The Morgan fingerprint density at radius 3 is 2.45 bits per heavy atom. The van der Waals surface area contributed by atoms with Gasteiger partial charge >= 0.3 is 0 Å². The Balaban J connectivity index is 3.24. The SMILES string of the molecule is COc1cc(C)cc(Cl)c1Cl. The van der Waals surface area contributed by atoms with Gasteiger partial charge in [-0.15, -0.1) is 0 Å². The summed E-state index contributed by atoms with van der Waals surface area (Å²) in [5, 5.41) is 1.00. The van der Waals surface area contributed by atoms with E-state index in [9.17, 15) is 0 Å². The Morgan fingerprint density at radius 1 is 1.27 bits per heavy atom. The Hall–Kier alpha value is -0.400. The minimum absolute atomic E-state index is 0.472. The number of rotatable bonds is 1. The summed E-state index contributed by atoms with van der Waals surface area (Å²) >= 11 is 11.6. The highest BCUT2D eigenvalue weighted by molar-refractivity contribution is 6.43. The molecule has 0 saturated heterocycles. The molecule has 0 heterocycles. The van der Waals surface area contributed by atoms with Crippen molar-refractivity contribution in [1.29, 1.82) is 0 Å². The molecule has 1 aromatic carbocycles. The van der Waals surface area contributed by atoms with Crippen molar-refractivity contribution in [3.05, 3.63) is 27.7 Å². The Morgan fingerprint density at radius 2 is 1.91 bits per heavy atom. The molecule has 0 aliphatic heterocycles. The highest BCUT2D eigenvalue weighted by Gasteiger charge is 2.04. The maximum Gasteiger partial charge on any atom is 0.139 e. The summed E-state index contributed by atoms with van der Waals surface area (Å²) in [4.78, 5) is 0. The van der Waals surface area contributed by atoms with E-state index in [-0.39, 0.29) is 0 Å². The fourth-order valence-corrected chi connectivity index (χ4v) is 1.29. The van der Waals surface area contributed by atoms with E-state index < -0.39 is 0 Å². The number of aryl methyl sites for hydroxylation is 1. The van der Waals surface area contributed by atoms with Crippen LogP contribution in [0.2, 0.25) is 10.0 Å². The van der Waals surface area contributed by atoms with Gasteiger partial charge in [0.15, 0.2) is 0 Å². The van der Waals surface area contributed by atoms with Crippen LogP contribution in [-0.4, -0.2) is 7.11 Å². The van der Waals surface area contributed by atoms with Crippen molar-refractivity contribution < 1.29 is 4.74 Å². The highest BCUT2D eigenvalue weighted by Crippen LogP contribution is 2.32. The Kier molecular flexibility index (Phi) is 2.63. The molecule has 11 heavy (non-hydrogen) atoms. The van der Waals surface area contributed by atoms with Crippen LogP contribution in [0.1, 0.15) is 5.56 Å². The van der Waals surface area contributed by atoms with Crippen molar-refractivity contribution in [3.63, 3.8) is 0 Å². The fourth-order valence-electron chi connectivity index (χ4n) is 0.841.